The van der Waals surface area contributed by atoms with E-state index < -0.39 is 6.17 Å². The summed E-state index contributed by atoms with van der Waals surface area (Å²) in [6.45, 7) is 4.39. The SMILES string of the molecule is CCCSc1n[n+]2c(c(=O)[nH]1)-c1ccccc1N[C@@H]2c1ccc(O)c(OCC)c1. The molecule has 0 aliphatic carbocycles. The molecular weight excluding hydrogens is 388 g/mol. The van der Waals surface area contributed by atoms with Crippen molar-refractivity contribution in [3.63, 3.8) is 0 Å². The molecule has 2 heterocycles. The number of H-pyrrole nitrogens is 1. The van der Waals surface area contributed by atoms with E-state index in [-0.39, 0.29) is 11.3 Å². The topological polar surface area (TPSA) is 91.1 Å². The van der Waals surface area contributed by atoms with Gasteiger partial charge in [0.05, 0.1) is 17.9 Å². The molecule has 1 atom stereocenters. The molecular formula is C21H23N4O3S+. The minimum absolute atomic E-state index is 0.0788. The van der Waals surface area contributed by atoms with Crippen LogP contribution in [-0.2, 0) is 0 Å². The van der Waals surface area contributed by atoms with Crippen molar-refractivity contribution in [2.75, 3.05) is 17.7 Å². The first-order chi connectivity index (χ1) is 14.1. The molecule has 3 aromatic rings. The summed E-state index contributed by atoms with van der Waals surface area (Å²) in [5.74, 6) is 1.35. The number of para-hydroxylation sites is 1. The van der Waals surface area contributed by atoms with Crippen LogP contribution < -0.4 is 20.3 Å². The Morgan fingerprint density at radius 1 is 1.24 bits per heavy atom. The van der Waals surface area contributed by atoms with Crippen molar-refractivity contribution < 1.29 is 14.5 Å². The number of nitrogens with zero attached hydrogens (tertiary/aromatic N) is 2. The second kappa shape index (κ2) is 8.16. The predicted octanol–water partition coefficient (Wildman–Crippen LogP) is 3.30. The van der Waals surface area contributed by atoms with E-state index in [0.29, 0.717) is 23.2 Å². The van der Waals surface area contributed by atoms with Crippen LogP contribution in [0.25, 0.3) is 11.3 Å². The summed E-state index contributed by atoms with van der Waals surface area (Å²) in [6, 6.07) is 12.9. The second-order valence-corrected chi connectivity index (χ2v) is 7.74. The van der Waals surface area contributed by atoms with E-state index in [2.05, 4.69) is 17.2 Å². The largest absolute Gasteiger partial charge is 0.504 e. The number of hydrogen-bond donors (Lipinski definition) is 3. The standard InChI is InChI=1S/C21H22N4O3S/c1-3-11-29-21-23-20(27)18-14-7-5-6-8-15(14)22-19(25(18)24-21)13-9-10-16(26)17(12-13)28-4-2/h5-10,12,19H,3-4,11H2,1-2H3,(H2,23,24,26,27)/p+1/t19-/m0/s1. The van der Waals surface area contributed by atoms with Gasteiger partial charge in [0, 0.05) is 16.4 Å². The lowest BCUT2D eigenvalue weighted by molar-refractivity contribution is -0.759. The van der Waals surface area contributed by atoms with Crippen molar-refractivity contribution in [1.82, 2.24) is 10.1 Å². The van der Waals surface area contributed by atoms with Crippen LogP contribution in [0.4, 0.5) is 5.69 Å². The maximum atomic E-state index is 13.0. The molecule has 8 heteroatoms. The van der Waals surface area contributed by atoms with Gasteiger partial charge in [-0.1, -0.05) is 30.8 Å². The van der Waals surface area contributed by atoms with Gasteiger partial charge < -0.3 is 15.2 Å². The van der Waals surface area contributed by atoms with E-state index in [1.165, 1.54) is 11.8 Å². The summed E-state index contributed by atoms with van der Waals surface area (Å²) < 4.78 is 7.27. The molecule has 0 saturated heterocycles. The Morgan fingerprint density at radius 2 is 2.07 bits per heavy atom. The third-order valence-electron chi connectivity index (χ3n) is 4.62. The number of phenols is 1. The van der Waals surface area contributed by atoms with Gasteiger partial charge in [0.1, 0.15) is 0 Å². The molecule has 0 fully saturated rings. The number of rotatable bonds is 6. The average Bonchev–Trinajstić information content (AvgIpc) is 2.73. The van der Waals surface area contributed by atoms with E-state index in [1.54, 1.807) is 16.8 Å². The molecule has 0 bridgehead atoms. The Hall–Kier alpha value is -3.00. The fourth-order valence-corrected chi connectivity index (χ4v) is 4.06. The highest BCUT2D eigenvalue weighted by Gasteiger charge is 2.37. The molecule has 2 aromatic carbocycles. The highest BCUT2D eigenvalue weighted by atomic mass is 32.2. The average molecular weight is 412 g/mol. The molecule has 1 aromatic heterocycles. The lowest BCUT2D eigenvalue weighted by atomic mass is 10.0. The fraction of sp³-hybridized carbons (Fsp3) is 0.286. The molecule has 0 spiro atoms. The number of fused-ring (bicyclic) bond motifs is 3. The van der Waals surface area contributed by atoms with Crippen LogP contribution in [0.5, 0.6) is 11.5 Å². The van der Waals surface area contributed by atoms with Gasteiger partial charge in [0.25, 0.3) is 6.17 Å². The molecule has 1 aliphatic rings. The highest BCUT2D eigenvalue weighted by Crippen LogP contribution is 2.34. The van der Waals surface area contributed by atoms with Crippen molar-refractivity contribution in [2.45, 2.75) is 31.6 Å². The molecule has 3 N–H and O–H groups in total. The number of aromatic hydroxyl groups is 1. The van der Waals surface area contributed by atoms with Crippen LogP contribution in [0.15, 0.2) is 52.4 Å². The first-order valence-corrected chi connectivity index (χ1v) is 10.6. The lowest BCUT2D eigenvalue weighted by Crippen LogP contribution is -2.55. The smallest absolute Gasteiger partial charge is 0.325 e. The molecule has 0 amide bonds. The second-order valence-electron chi connectivity index (χ2n) is 6.65. The number of nitrogens with one attached hydrogen (secondary N) is 2. The zero-order valence-electron chi connectivity index (χ0n) is 16.3. The van der Waals surface area contributed by atoms with E-state index in [0.717, 1.165) is 29.0 Å². The number of thioether (sulfide) groups is 1. The van der Waals surface area contributed by atoms with Crippen LogP contribution in [0.3, 0.4) is 0 Å². The van der Waals surface area contributed by atoms with E-state index in [1.807, 2.05) is 37.3 Å². The predicted molar refractivity (Wildman–Crippen MR) is 113 cm³/mol. The normalized spacial score (nSPS) is 14.6. The maximum Gasteiger partial charge on any atom is 0.325 e. The third kappa shape index (κ3) is 3.67. The lowest BCUT2D eigenvalue weighted by Gasteiger charge is -2.22. The van der Waals surface area contributed by atoms with Crippen molar-refractivity contribution >= 4 is 17.4 Å². The van der Waals surface area contributed by atoms with Crippen molar-refractivity contribution in [2.24, 2.45) is 0 Å². The van der Waals surface area contributed by atoms with Gasteiger partial charge in [-0.05, 0) is 48.4 Å². The molecule has 0 unspecified atom stereocenters. The molecule has 0 saturated carbocycles. The quantitative estimate of drug-likeness (QED) is 0.426. The van der Waals surface area contributed by atoms with Crippen LogP contribution in [0, 0.1) is 0 Å². The van der Waals surface area contributed by atoms with Gasteiger partial charge in [-0.25, -0.2) is 0 Å². The molecule has 1 aliphatic heterocycles. The van der Waals surface area contributed by atoms with Gasteiger partial charge in [-0.15, -0.1) is 0 Å². The van der Waals surface area contributed by atoms with Gasteiger partial charge in [-0.2, -0.15) is 0 Å². The van der Waals surface area contributed by atoms with Crippen LogP contribution in [0.1, 0.15) is 32.0 Å². The highest BCUT2D eigenvalue weighted by molar-refractivity contribution is 7.99. The van der Waals surface area contributed by atoms with Crippen molar-refractivity contribution in [1.29, 1.82) is 0 Å². The minimum Gasteiger partial charge on any atom is -0.504 e. The first kappa shape index (κ1) is 19.3. The van der Waals surface area contributed by atoms with Crippen molar-refractivity contribution in [3.8, 4) is 22.8 Å². The van der Waals surface area contributed by atoms with Gasteiger partial charge in [-0.3, -0.25) is 9.78 Å². The molecule has 150 valence electrons. The molecule has 0 radical (unpaired) electrons. The number of aromatic amines is 1. The summed E-state index contributed by atoms with van der Waals surface area (Å²) in [6.07, 6.45) is 0.569. The summed E-state index contributed by atoms with van der Waals surface area (Å²) >= 11 is 1.52. The van der Waals surface area contributed by atoms with Gasteiger partial charge in [0.2, 0.25) is 5.16 Å². The maximum absolute atomic E-state index is 13.0. The first-order valence-electron chi connectivity index (χ1n) is 9.63. The Bertz CT molecular complexity index is 1100. The molecule has 7 nitrogen and oxygen atoms in total. The zero-order chi connectivity index (χ0) is 20.4. The minimum atomic E-state index is -0.414. The van der Waals surface area contributed by atoms with Gasteiger partial charge >= 0.3 is 11.3 Å². The van der Waals surface area contributed by atoms with Crippen LogP contribution in [-0.4, -0.2) is 27.5 Å². The Labute approximate surface area is 172 Å². The Morgan fingerprint density at radius 3 is 2.86 bits per heavy atom. The number of anilines is 1. The van der Waals surface area contributed by atoms with Crippen LogP contribution >= 0.6 is 11.8 Å². The van der Waals surface area contributed by atoms with E-state index >= 15 is 0 Å². The number of ether oxygens (including phenoxy) is 1. The molecule has 29 heavy (non-hydrogen) atoms. The number of aromatic nitrogens is 3. The van der Waals surface area contributed by atoms with E-state index in [4.69, 9.17) is 9.84 Å². The Kier molecular flexibility index (Phi) is 5.44. The zero-order valence-corrected chi connectivity index (χ0v) is 17.1. The fourth-order valence-electron chi connectivity index (χ4n) is 3.35. The summed E-state index contributed by atoms with van der Waals surface area (Å²) in [5, 5.41) is 18.9. The van der Waals surface area contributed by atoms with Crippen LogP contribution in [0.2, 0.25) is 0 Å². The monoisotopic (exact) mass is 411 g/mol. The summed E-state index contributed by atoms with van der Waals surface area (Å²) in [4.78, 5) is 15.9. The van der Waals surface area contributed by atoms with E-state index in [9.17, 15) is 9.90 Å². The summed E-state index contributed by atoms with van der Waals surface area (Å²) in [5.41, 5.74) is 2.80. The number of benzene rings is 2. The van der Waals surface area contributed by atoms with Gasteiger partial charge in [0.15, 0.2) is 11.5 Å². The number of phenolic OH excluding ortho intramolecular Hbond substituents is 1. The summed E-state index contributed by atoms with van der Waals surface area (Å²) in [7, 11) is 0. The van der Waals surface area contributed by atoms with Crippen molar-refractivity contribution in [3.05, 3.63) is 58.4 Å². The molecule has 4 rings (SSSR count). The third-order valence-corrected chi connectivity index (χ3v) is 5.69. The Balaban J connectivity index is 1.88. The number of hydrogen-bond acceptors (Lipinski definition) is 6.